The lowest BCUT2D eigenvalue weighted by Crippen LogP contribution is -2.49. The highest BCUT2D eigenvalue weighted by molar-refractivity contribution is 7.87. The number of nitrogens with zero attached hydrogens (tertiary/aromatic N) is 1. The summed E-state index contributed by atoms with van der Waals surface area (Å²) in [5, 5.41) is 18.0. The molecule has 112 valence electrons. The van der Waals surface area contributed by atoms with Crippen molar-refractivity contribution in [1.29, 1.82) is 0 Å². The quantitative estimate of drug-likeness (QED) is 0.620. The van der Waals surface area contributed by atoms with E-state index in [1.807, 2.05) is 0 Å². The normalized spacial score (nSPS) is 22.4. The largest absolute Gasteiger partial charge is 0.481 e. The van der Waals surface area contributed by atoms with Crippen molar-refractivity contribution in [3.8, 4) is 0 Å². The third kappa shape index (κ3) is 4.72. The van der Waals surface area contributed by atoms with Crippen LogP contribution in [0.5, 0.6) is 0 Å². The average molecular weight is 294 g/mol. The highest BCUT2D eigenvalue weighted by Gasteiger charge is 2.33. The molecule has 19 heavy (non-hydrogen) atoms. The predicted molar refractivity (Wildman–Crippen MR) is 69.7 cm³/mol. The molecule has 1 heterocycles. The summed E-state index contributed by atoms with van der Waals surface area (Å²) in [5.74, 6) is -1.60. The first-order valence-corrected chi connectivity index (χ1v) is 7.70. The van der Waals surface area contributed by atoms with Crippen molar-refractivity contribution in [2.24, 2.45) is 11.3 Å². The van der Waals surface area contributed by atoms with Crippen LogP contribution in [0.2, 0.25) is 0 Å². The third-order valence-electron chi connectivity index (χ3n) is 3.23. The zero-order valence-corrected chi connectivity index (χ0v) is 12.1. The van der Waals surface area contributed by atoms with Crippen LogP contribution in [0.15, 0.2) is 0 Å². The Labute approximate surface area is 113 Å². The SMILES string of the molecule is CC(C)(CO)CNS(=O)(=O)N1CCCC(C(=O)O)C1. The van der Waals surface area contributed by atoms with E-state index in [2.05, 4.69) is 4.72 Å². The van der Waals surface area contributed by atoms with Crippen molar-refractivity contribution in [3.63, 3.8) is 0 Å². The Kier molecular flexibility index (Phi) is 5.31. The lowest BCUT2D eigenvalue weighted by molar-refractivity contribution is -0.142. The Bertz CT molecular complexity index is 421. The molecule has 0 aromatic carbocycles. The fourth-order valence-electron chi connectivity index (χ4n) is 1.80. The van der Waals surface area contributed by atoms with Crippen molar-refractivity contribution < 1.29 is 23.4 Å². The highest BCUT2D eigenvalue weighted by Crippen LogP contribution is 2.19. The molecule has 3 N–H and O–H groups in total. The van der Waals surface area contributed by atoms with Gasteiger partial charge in [0.25, 0.3) is 10.2 Å². The number of carboxylic acids is 1. The van der Waals surface area contributed by atoms with Crippen LogP contribution >= 0.6 is 0 Å². The number of piperidine rings is 1. The maximum absolute atomic E-state index is 12.1. The first kappa shape index (κ1) is 16.4. The number of hydrogen-bond acceptors (Lipinski definition) is 4. The summed E-state index contributed by atoms with van der Waals surface area (Å²) in [5.41, 5.74) is -0.547. The van der Waals surface area contributed by atoms with Gasteiger partial charge in [0.15, 0.2) is 0 Å². The second-order valence-corrected chi connectivity index (χ2v) is 7.44. The molecule has 0 aliphatic carbocycles. The average Bonchev–Trinajstić information content (AvgIpc) is 2.37. The van der Waals surface area contributed by atoms with Gasteiger partial charge in [0.05, 0.1) is 5.92 Å². The summed E-state index contributed by atoms with van der Waals surface area (Å²) in [4.78, 5) is 10.9. The number of nitrogens with one attached hydrogen (secondary N) is 1. The van der Waals surface area contributed by atoms with Gasteiger partial charge in [-0.25, -0.2) is 4.72 Å². The van der Waals surface area contributed by atoms with E-state index >= 15 is 0 Å². The van der Waals surface area contributed by atoms with Crippen LogP contribution in [0.4, 0.5) is 0 Å². The zero-order valence-electron chi connectivity index (χ0n) is 11.3. The van der Waals surface area contributed by atoms with E-state index in [9.17, 15) is 13.2 Å². The van der Waals surface area contributed by atoms with E-state index in [-0.39, 0.29) is 19.7 Å². The smallest absolute Gasteiger partial charge is 0.307 e. The molecule has 0 saturated carbocycles. The Morgan fingerprint density at radius 3 is 2.63 bits per heavy atom. The van der Waals surface area contributed by atoms with Gasteiger partial charge < -0.3 is 10.2 Å². The van der Waals surface area contributed by atoms with Crippen molar-refractivity contribution in [3.05, 3.63) is 0 Å². The van der Waals surface area contributed by atoms with E-state index in [4.69, 9.17) is 10.2 Å². The van der Waals surface area contributed by atoms with Gasteiger partial charge in [-0.05, 0) is 12.8 Å². The van der Waals surface area contributed by atoms with Crippen molar-refractivity contribution in [2.45, 2.75) is 26.7 Å². The van der Waals surface area contributed by atoms with Gasteiger partial charge in [0, 0.05) is 31.7 Å². The van der Waals surface area contributed by atoms with Gasteiger partial charge in [0.2, 0.25) is 0 Å². The molecule has 1 aliphatic rings. The van der Waals surface area contributed by atoms with Crippen molar-refractivity contribution in [2.75, 3.05) is 26.2 Å². The summed E-state index contributed by atoms with van der Waals surface area (Å²) in [6.07, 6.45) is 1.05. The summed E-state index contributed by atoms with van der Waals surface area (Å²) in [6.45, 7) is 3.80. The molecule has 0 aromatic heterocycles. The first-order valence-electron chi connectivity index (χ1n) is 6.26. The molecule has 0 bridgehead atoms. The summed E-state index contributed by atoms with van der Waals surface area (Å²) < 4.78 is 27.7. The van der Waals surface area contributed by atoms with Crippen molar-refractivity contribution in [1.82, 2.24) is 9.03 Å². The van der Waals surface area contributed by atoms with Gasteiger partial charge in [0.1, 0.15) is 0 Å². The number of hydrogen-bond donors (Lipinski definition) is 3. The van der Waals surface area contributed by atoms with Crippen LogP contribution in [-0.4, -0.2) is 55.1 Å². The maximum atomic E-state index is 12.1. The standard InChI is InChI=1S/C11H22N2O5S/c1-11(2,8-14)7-12-19(17,18)13-5-3-4-9(6-13)10(15)16/h9,12,14H,3-8H2,1-2H3,(H,15,16). The van der Waals surface area contributed by atoms with E-state index in [1.165, 1.54) is 4.31 Å². The van der Waals surface area contributed by atoms with E-state index in [0.29, 0.717) is 19.4 Å². The molecular formula is C11H22N2O5S. The predicted octanol–water partition coefficient (Wildman–Crippen LogP) is -0.364. The van der Waals surface area contributed by atoms with Gasteiger partial charge in [-0.2, -0.15) is 12.7 Å². The minimum atomic E-state index is -3.68. The van der Waals surface area contributed by atoms with E-state index < -0.39 is 27.5 Å². The molecule has 1 saturated heterocycles. The summed E-state index contributed by atoms with van der Waals surface area (Å²) in [6, 6.07) is 0. The monoisotopic (exact) mass is 294 g/mol. The number of aliphatic carboxylic acids is 1. The maximum Gasteiger partial charge on any atom is 0.307 e. The van der Waals surface area contributed by atoms with Gasteiger partial charge in [-0.1, -0.05) is 13.8 Å². The Balaban J connectivity index is 2.64. The topological polar surface area (TPSA) is 107 Å². The third-order valence-corrected chi connectivity index (χ3v) is 4.76. The van der Waals surface area contributed by atoms with Crippen LogP contribution < -0.4 is 4.72 Å². The Hall–Kier alpha value is -0.700. The number of rotatable bonds is 6. The van der Waals surface area contributed by atoms with Gasteiger partial charge in [-0.15, -0.1) is 0 Å². The lowest BCUT2D eigenvalue weighted by atomic mass is 9.96. The number of carboxylic acid groups (broad SMARTS) is 1. The molecule has 0 spiro atoms. The fraction of sp³-hybridized carbons (Fsp3) is 0.909. The number of carbonyl (C=O) groups is 1. The first-order chi connectivity index (χ1) is 8.68. The molecule has 1 aliphatic heterocycles. The van der Waals surface area contributed by atoms with Crippen LogP contribution in [0.3, 0.4) is 0 Å². The number of aliphatic hydroxyl groups excluding tert-OH is 1. The summed E-state index contributed by atoms with van der Waals surface area (Å²) >= 11 is 0. The zero-order chi connectivity index (χ0) is 14.7. The van der Waals surface area contributed by atoms with Gasteiger partial charge >= 0.3 is 5.97 Å². The molecule has 0 radical (unpaired) electrons. The molecule has 0 amide bonds. The van der Waals surface area contributed by atoms with Gasteiger partial charge in [-0.3, -0.25) is 4.79 Å². The van der Waals surface area contributed by atoms with Crippen LogP contribution in [0.1, 0.15) is 26.7 Å². The molecule has 1 rings (SSSR count). The highest BCUT2D eigenvalue weighted by atomic mass is 32.2. The summed E-state index contributed by atoms with van der Waals surface area (Å²) in [7, 11) is -3.68. The van der Waals surface area contributed by atoms with E-state index in [1.54, 1.807) is 13.8 Å². The molecule has 1 unspecified atom stereocenters. The van der Waals surface area contributed by atoms with Crippen molar-refractivity contribution >= 4 is 16.2 Å². The molecular weight excluding hydrogens is 272 g/mol. The van der Waals surface area contributed by atoms with E-state index in [0.717, 1.165) is 0 Å². The number of aliphatic hydroxyl groups is 1. The Morgan fingerprint density at radius 2 is 2.11 bits per heavy atom. The molecule has 8 heteroatoms. The lowest BCUT2D eigenvalue weighted by Gasteiger charge is -2.31. The van der Waals surface area contributed by atoms with Crippen LogP contribution in [0, 0.1) is 11.3 Å². The molecule has 0 aromatic rings. The van der Waals surface area contributed by atoms with Crippen LogP contribution in [0.25, 0.3) is 0 Å². The minimum absolute atomic E-state index is 0.00419. The van der Waals surface area contributed by atoms with Crippen LogP contribution in [-0.2, 0) is 15.0 Å². The fourth-order valence-corrected chi connectivity index (χ4v) is 3.30. The second kappa shape index (κ2) is 6.17. The molecule has 1 fully saturated rings. The Morgan fingerprint density at radius 1 is 1.47 bits per heavy atom. The second-order valence-electron chi connectivity index (χ2n) is 5.68. The molecule has 1 atom stereocenters. The molecule has 7 nitrogen and oxygen atoms in total. The minimum Gasteiger partial charge on any atom is -0.481 e.